The maximum absolute atomic E-state index is 9.89. The second-order valence-electron chi connectivity index (χ2n) is 2.82. The van der Waals surface area contributed by atoms with Crippen molar-refractivity contribution in [2.24, 2.45) is 0 Å². The monoisotopic (exact) mass is 152 g/mol. The fourth-order valence-corrected chi connectivity index (χ4v) is 0.387. The Morgan fingerprint density at radius 2 is 1.78 bits per heavy atom. The summed E-state index contributed by atoms with van der Waals surface area (Å²) in [5, 5.41) is 9.89. The number of halogens is 1. The Kier molecular flexibility index (Phi) is 4.72. The number of carboxylic acids is 1. The maximum Gasteiger partial charge on any atom is 0.118 e. The van der Waals surface area contributed by atoms with Crippen molar-refractivity contribution in [3.05, 3.63) is 0 Å². The molecule has 4 heteroatoms. The lowest BCUT2D eigenvalue weighted by Gasteiger charge is -2.23. The molecule has 0 bridgehead atoms. The van der Waals surface area contributed by atoms with Crippen molar-refractivity contribution >= 4 is 5.97 Å². The molecule has 3 nitrogen and oxygen atoms in total. The number of likely N-dealkylation sites (N-methyl/N-ethyl adjacent to an activating group) is 1. The van der Waals surface area contributed by atoms with E-state index in [1.54, 1.807) is 21.1 Å². The van der Waals surface area contributed by atoms with E-state index >= 15 is 0 Å². The smallest absolute Gasteiger partial charge is 0.118 e. The van der Waals surface area contributed by atoms with Gasteiger partial charge < -0.3 is 26.8 Å². The summed E-state index contributed by atoms with van der Waals surface area (Å²) in [4.78, 5) is 9.89. The fraction of sp³-hybridized carbons (Fsp3) is 0.800. The van der Waals surface area contributed by atoms with Gasteiger partial charge in [0.05, 0.1) is 27.1 Å². The average molecular weight is 153 g/mol. The molecule has 0 saturated carbocycles. The van der Waals surface area contributed by atoms with Crippen LogP contribution in [0.25, 0.3) is 0 Å². The van der Waals surface area contributed by atoms with Crippen LogP contribution in [0.3, 0.4) is 0 Å². The van der Waals surface area contributed by atoms with Crippen LogP contribution in [0.15, 0.2) is 0 Å². The lowest BCUT2D eigenvalue weighted by molar-refractivity contribution is -0.864. The molecule has 0 rings (SSSR count). The van der Waals surface area contributed by atoms with E-state index in [0.29, 0.717) is 4.48 Å². The van der Waals surface area contributed by atoms with E-state index in [0.717, 1.165) is 0 Å². The third-order valence-electron chi connectivity index (χ3n) is 0.603. The van der Waals surface area contributed by atoms with Crippen LogP contribution in [0.2, 0.25) is 0 Å². The highest BCUT2D eigenvalue weighted by Gasteiger charge is 2.04. The van der Waals surface area contributed by atoms with Crippen molar-refractivity contribution < 1.29 is 26.8 Å². The molecule has 0 atom stereocenters. The van der Waals surface area contributed by atoms with Crippen LogP contribution in [0.4, 0.5) is 0 Å². The van der Waals surface area contributed by atoms with Crippen LogP contribution < -0.4 is 17.5 Å². The summed E-state index contributed by atoms with van der Waals surface area (Å²) in [7, 11) is 5.40. The summed E-state index contributed by atoms with van der Waals surface area (Å²) in [5.41, 5.74) is 0. The minimum absolute atomic E-state index is 0. The van der Waals surface area contributed by atoms with E-state index in [-0.39, 0.29) is 19.0 Å². The maximum atomic E-state index is 9.89. The predicted octanol–water partition coefficient (Wildman–Crippen LogP) is -4.55. The zero-order valence-corrected chi connectivity index (χ0v) is 6.60. The van der Waals surface area contributed by atoms with E-state index in [2.05, 4.69) is 0 Å². The molecule has 0 amide bonds. The Hall–Kier alpha value is -0.280. The minimum Gasteiger partial charge on any atom is -1.00 e. The lowest BCUT2D eigenvalue weighted by atomic mass is 10.5. The van der Waals surface area contributed by atoms with Gasteiger partial charge in [0, 0.05) is 0 Å². The van der Waals surface area contributed by atoms with Crippen LogP contribution in [0, 0.1) is 0 Å². The van der Waals surface area contributed by atoms with Gasteiger partial charge in [-0.05, 0) is 0 Å². The molecule has 0 aliphatic carbocycles. The Bertz CT molecular complexity index is 97.6. The Labute approximate surface area is 61.3 Å². The van der Waals surface area contributed by atoms with Gasteiger partial charge in [0.2, 0.25) is 0 Å². The molecular weight excluding hydrogens is 142 g/mol. The van der Waals surface area contributed by atoms with Crippen molar-refractivity contribution in [3.8, 4) is 0 Å². The molecule has 0 aliphatic heterocycles. The first-order valence-corrected chi connectivity index (χ1v) is 2.42. The van der Waals surface area contributed by atoms with Crippen LogP contribution in [0.1, 0.15) is 0 Å². The van der Waals surface area contributed by atoms with E-state index in [1.165, 1.54) is 0 Å². The Morgan fingerprint density at radius 1 is 1.44 bits per heavy atom. The highest BCUT2D eigenvalue weighted by Crippen LogP contribution is 1.84. The average Bonchev–Trinajstić information content (AvgIpc) is 1.21. The summed E-state index contributed by atoms with van der Waals surface area (Å²) < 4.78 is 0.419. The van der Waals surface area contributed by atoms with E-state index in [1.807, 2.05) is 0 Å². The van der Waals surface area contributed by atoms with Gasteiger partial charge in [-0.3, -0.25) is 0 Å². The summed E-state index contributed by atoms with van der Waals surface area (Å²) in [5.74, 6) is -1.00. The third-order valence-corrected chi connectivity index (χ3v) is 0.603. The number of hydrogen-bond donors (Lipinski definition) is 0. The molecule has 0 aliphatic rings. The highest BCUT2D eigenvalue weighted by atomic mass is 35.5. The molecule has 56 valence electrons. The standard InChI is InChI=1S/C5H11NO2.ClH/c1-6(2,3)4-5(7)8;/h4H2,1-3H3;1H/p-1. The third kappa shape index (κ3) is 11.3. The zero-order valence-electron chi connectivity index (χ0n) is 5.85. The van der Waals surface area contributed by atoms with Gasteiger partial charge in [-0.2, -0.15) is 0 Å². The number of hydrogen-bond acceptors (Lipinski definition) is 2. The van der Waals surface area contributed by atoms with Gasteiger partial charge in [0.15, 0.2) is 0 Å². The Morgan fingerprint density at radius 3 is 1.78 bits per heavy atom. The summed E-state index contributed by atoms with van der Waals surface area (Å²) in [6.45, 7) is 0.0694. The van der Waals surface area contributed by atoms with Crippen LogP contribution in [-0.2, 0) is 4.79 Å². The molecule has 0 N–H and O–H groups in total. The molecule has 9 heavy (non-hydrogen) atoms. The highest BCUT2D eigenvalue weighted by molar-refractivity contribution is 5.65. The van der Waals surface area contributed by atoms with Gasteiger partial charge in [-0.25, -0.2) is 0 Å². The van der Waals surface area contributed by atoms with Crippen LogP contribution in [-0.4, -0.2) is 38.1 Å². The number of carbonyl (C=O) groups is 1. The fourth-order valence-electron chi connectivity index (χ4n) is 0.387. The van der Waals surface area contributed by atoms with Crippen molar-refractivity contribution in [2.45, 2.75) is 0 Å². The normalized spacial score (nSPS) is 10.1. The molecule has 0 spiro atoms. The molecule has 0 aromatic rings. The number of carboxylic acid groups (broad SMARTS) is 1. The second-order valence-corrected chi connectivity index (χ2v) is 2.82. The topological polar surface area (TPSA) is 40.1 Å². The van der Waals surface area contributed by atoms with E-state index in [4.69, 9.17) is 0 Å². The van der Waals surface area contributed by atoms with Gasteiger partial charge in [0.1, 0.15) is 6.54 Å². The summed E-state index contributed by atoms with van der Waals surface area (Å²) in [6.07, 6.45) is 0. The zero-order chi connectivity index (χ0) is 6.78. The largest absolute Gasteiger partial charge is 1.00 e. The molecule has 0 radical (unpaired) electrons. The molecular formula is C5H11ClNO2-. The molecule has 0 heterocycles. The molecule has 0 fully saturated rings. The molecule has 0 unspecified atom stereocenters. The number of rotatable bonds is 2. The first-order chi connectivity index (χ1) is 3.42. The summed E-state index contributed by atoms with van der Waals surface area (Å²) in [6, 6.07) is 0. The van der Waals surface area contributed by atoms with Crippen molar-refractivity contribution in [2.75, 3.05) is 27.7 Å². The second kappa shape index (κ2) is 3.69. The van der Waals surface area contributed by atoms with Crippen molar-refractivity contribution in [1.82, 2.24) is 0 Å². The molecule has 0 aromatic carbocycles. The van der Waals surface area contributed by atoms with Crippen molar-refractivity contribution in [3.63, 3.8) is 0 Å². The number of quaternary nitrogens is 1. The Balaban J connectivity index is 0. The number of carbonyl (C=O) groups excluding carboxylic acids is 1. The minimum atomic E-state index is -1.00. The first kappa shape index (κ1) is 11.5. The first-order valence-electron chi connectivity index (χ1n) is 2.42. The lowest BCUT2D eigenvalue weighted by Crippen LogP contribution is -3.00. The van der Waals surface area contributed by atoms with Gasteiger partial charge in [0.25, 0.3) is 0 Å². The van der Waals surface area contributed by atoms with Gasteiger partial charge in [-0.15, -0.1) is 0 Å². The SMILES string of the molecule is C[N+](C)(C)CC(=O)[O-].[Cl-]. The van der Waals surface area contributed by atoms with Crippen LogP contribution >= 0.6 is 0 Å². The molecule has 0 saturated heterocycles. The quantitative estimate of drug-likeness (QED) is 0.374. The predicted molar refractivity (Wildman–Crippen MR) is 27.9 cm³/mol. The van der Waals surface area contributed by atoms with E-state index in [9.17, 15) is 9.90 Å². The molecule has 0 aromatic heterocycles. The summed E-state index contributed by atoms with van der Waals surface area (Å²) >= 11 is 0. The van der Waals surface area contributed by atoms with Gasteiger partial charge >= 0.3 is 0 Å². The van der Waals surface area contributed by atoms with Gasteiger partial charge in [-0.1, -0.05) is 0 Å². The van der Waals surface area contributed by atoms with Crippen molar-refractivity contribution in [1.29, 1.82) is 0 Å². The number of aliphatic carboxylic acids is 1. The van der Waals surface area contributed by atoms with E-state index < -0.39 is 5.97 Å². The van der Waals surface area contributed by atoms with Crippen LogP contribution in [0.5, 0.6) is 0 Å². The number of nitrogens with zero attached hydrogens (tertiary/aromatic N) is 1.